The van der Waals surface area contributed by atoms with Gasteiger partial charge in [-0.15, -0.1) is 0 Å². The molecule has 1 aliphatic heterocycles. The van der Waals surface area contributed by atoms with Gasteiger partial charge in [-0.25, -0.2) is 4.98 Å². The monoisotopic (exact) mass is 364 g/mol. The summed E-state index contributed by atoms with van der Waals surface area (Å²) >= 11 is 0. The van der Waals surface area contributed by atoms with Crippen LogP contribution in [-0.2, 0) is 6.54 Å². The number of fused-ring (bicyclic) bond motifs is 1. The molecule has 0 unspecified atom stereocenters. The van der Waals surface area contributed by atoms with E-state index in [1.165, 1.54) is 0 Å². The van der Waals surface area contributed by atoms with Crippen LogP contribution >= 0.6 is 0 Å². The number of ether oxygens (including phenoxy) is 2. The first kappa shape index (κ1) is 17.0. The maximum Gasteiger partial charge on any atom is 0.145 e. The number of aromatic amines is 1. The van der Waals surface area contributed by atoms with E-state index in [0.717, 1.165) is 28.1 Å². The molecule has 3 N–H and O–H groups in total. The lowest BCUT2D eigenvalue weighted by atomic mass is 10.2. The largest absolute Gasteiger partial charge is 0.510 e. The number of para-hydroxylation sites is 1. The molecule has 3 aromatic rings. The average molecular weight is 364 g/mol. The van der Waals surface area contributed by atoms with E-state index in [1.54, 1.807) is 19.1 Å². The molecule has 2 heterocycles. The van der Waals surface area contributed by atoms with Crippen LogP contribution in [0.5, 0.6) is 11.5 Å². The molecule has 0 saturated carbocycles. The summed E-state index contributed by atoms with van der Waals surface area (Å²) in [7, 11) is 3.23. The first-order valence-corrected chi connectivity index (χ1v) is 8.52. The summed E-state index contributed by atoms with van der Waals surface area (Å²) in [6.45, 7) is 0.719. The minimum Gasteiger partial charge on any atom is -0.510 e. The van der Waals surface area contributed by atoms with Crippen LogP contribution in [-0.4, -0.2) is 46.6 Å². The van der Waals surface area contributed by atoms with Crippen LogP contribution in [0, 0.1) is 5.41 Å². The summed E-state index contributed by atoms with van der Waals surface area (Å²) in [5.74, 6) is 2.30. The number of methoxy groups -OCH3 is 2. The van der Waals surface area contributed by atoms with Gasteiger partial charge in [0, 0.05) is 18.2 Å². The minimum absolute atomic E-state index is 0.126. The molecule has 0 spiro atoms. The van der Waals surface area contributed by atoms with Crippen LogP contribution < -0.4 is 9.47 Å². The van der Waals surface area contributed by atoms with Gasteiger partial charge >= 0.3 is 0 Å². The van der Waals surface area contributed by atoms with Crippen LogP contribution in [0.4, 0.5) is 0 Å². The van der Waals surface area contributed by atoms with Crippen molar-refractivity contribution in [2.24, 2.45) is 0 Å². The minimum atomic E-state index is 0.126. The van der Waals surface area contributed by atoms with Crippen LogP contribution in [0.2, 0.25) is 0 Å². The molecule has 4 rings (SSSR count). The van der Waals surface area contributed by atoms with Crippen molar-refractivity contribution in [2.45, 2.75) is 6.54 Å². The Morgan fingerprint density at radius 2 is 2.00 bits per heavy atom. The first-order valence-electron chi connectivity index (χ1n) is 8.52. The van der Waals surface area contributed by atoms with Crippen LogP contribution in [0.3, 0.4) is 0 Å². The number of hydrogen-bond donors (Lipinski definition) is 3. The lowest BCUT2D eigenvalue weighted by Crippen LogP contribution is -2.26. The molecule has 138 valence electrons. The Balaban J connectivity index is 1.63. The first-order chi connectivity index (χ1) is 13.1. The smallest absolute Gasteiger partial charge is 0.145 e. The van der Waals surface area contributed by atoms with Crippen LogP contribution in [0.1, 0.15) is 11.4 Å². The second-order valence-electron chi connectivity index (χ2n) is 6.31. The Bertz CT molecular complexity index is 1050. The fourth-order valence-electron chi connectivity index (χ4n) is 3.29. The zero-order valence-corrected chi connectivity index (χ0v) is 15.1. The van der Waals surface area contributed by atoms with Crippen LogP contribution in [0.15, 0.2) is 48.2 Å². The van der Waals surface area contributed by atoms with Gasteiger partial charge in [0.05, 0.1) is 37.4 Å². The van der Waals surface area contributed by atoms with E-state index in [4.69, 9.17) is 14.9 Å². The summed E-state index contributed by atoms with van der Waals surface area (Å²) < 4.78 is 10.6. The topological polar surface area (TPSA) is 94.5 Å². The van der Waals surface area contributed by atoms with Crippen molar-refractivity contribution in [1.29, 1.82) is 5.41 Å². The zero-order valence-electron chi connectivity index (χ0n) is 15.1. The predicted octanol–water partition coefficient (Wildman–Crippen LogP) is 3.34. The van der Waals surface area contributed by atoms with E-state index >= 15 is 0 Å². The Labute approximate surface area is 156 Å². The second kappa shape index (κ2) is 6.68. The fraction of sp³-hybridized carbons (Fsp3) is 0.200. The Morgan fingerprint density at radius 3 is 2.78 bits per heavy atom. The normalized spacial score (nSPS) is 14.3. The quantitative estimate of drug-likeness (QED) is 0.645. The molecule has 0 aliphatic carbocycles. The molecule has 27 heavy (non-hydrogen) atoms. The van der Waals surface area contributed by atoms with Gasteiger partial charge in [-0.2, -0.15) is 0 Å². The van der Waals surface area contributed by atoms with Crippen molar-refractivity contribution in [1.82, 2.24) is 14.9 Å². The number of amidine groups is 1. The van der Waals surface area contributed by atoms with Gasteiger partial charge in [0.15, 0.2) is 0 Å². The molecular weight excluding hydrogens is 344 g/mol. The maximum atomic E-state index is 10.5. The molecule has 7 nitrogen and oxygen atoms in total. The van der Waals surface area contributed by atoms with Crippen molar-refractivity contribution in [3.8, 4) is 11.5 Å². The van der Waals surface area contributed by atoms with E-state index in [2.05, 4.69) is 9.97 Å². The Kier molecular flexibility index (Phi) is 4.19. The number of benzene rings is 2. The van der Waals surface area contributed by atoms with Crippen molar-refractivity contribution >= 4 is 22.4 Å². The van der Waals surface area contributed by atoms with Crippen molar-refractivity contribution in [2.75, 3.05) is 20.8 Å². The molecule has 0 bridgehead atoms. The molecular formula is C20H20N4O3. The molecule has 0 saturated heterocycles. The summed E-state index contributed by atoms with van der Waals surface area (Å²) in [6.07, 6.45) is 0. The summed E-state index contributed by atoms with van der Waals surface area (Å²) in [5, 5.41) is 19.0. The van der Waals surface area contributed by atoms with Crippen molar-refractivity contribution < 1.29 is 14.6 Å². The molecule has 0 atom stereocenters. The average Bonchev–Trinajstić information content (AvgIpc) is 3.21. The highest BCUT2D eigenvalue weighted by Crippen LogP contribution is 2.30. The number of rotatable bonds is 5. The van der Waals surface area contributed by atoms with E-state index in [-0.39, 0.29) is 18.1 Å². The molecule has 0 fully saturated rings. The van der Waals surface area contributed by atoms with E-state index in [0.29, 0.717) is 17.9 Å². The third-order valence-corrected chi connectivity index (χ3v) is 4.66. The number of hydrogen-bond acceptors (Lipinski definition) is 5. The summed E-state index contributed by atoms with van der Waals surface area (Å²) in [5.41, 5.74) is 2.91. The Hall–Kier alpha value is -3.48. The van der Waals surface area contributed by atoms with Crippen molar-refractivity contribution in [3.05, 3.63) is 59.6 Å². The zero-order chi connectivity index (χ0) is 19.0. The number of nitrogens with zero attached hydrogens (tertiary/aromatic N) is 2. The van der Waals surface area contributed by atoms with Gasteiger partial charge in [0.2, 0.25) is 0 Å². The standard InChI is InChI=1S/C20H20N4O3/c1-26-13-7-8-14-15(9-13)23-20(22-14)18-16(25)11-24(19(18)21)10-12-5-3-4-6-17(12)27-2/h3-9,21,25H,10-11H2,1-2H3,(H,22,23). The van der Waals surface area contributed by atoms with Gasteiger partial charge in [0.25, 0.3) is 0 Å². The van der Waals surface area contributed by atoms with E-state index in [9.17, 15) is 5.11 Å². The van der Waals surface area contributed by atoms with Gasteiger partial charge < -0.3 is 24.5 Å². The van der Waals surface area contributed by atoms with Gasteiger partial charge in [0.1, 0.15) is 28.9 Å². The van der Waals surface area contributed by atoms with Gasteiger partial charge in [-0.3, -0.25) is 5.41 Å². The van der Waals surface area contributed by atoms with Crippen molar-refractivity contribution in [3.63, 3.8) is 0 Å². The number of aromatic nitrogens is 2. The van der Waals surface area contributed by atoms with Gasteiger partial charge in [-0.05, 0) is 18.2 Å². The molecule has 0 radical (unpaired) electrons. The highest BCUT2D eigenvalue weighted by molar-refractivity contribution is 6.23. The number of aliphatic hydroxyl groups is 1. The molecule has 1 aliphatic rings. The molecule has 7 heteroatoms. The summed E-state index contributed by atoms with van der Waals surface area (Å²) in [4.78, 5) is 9.49. The van der Waals surface area contributed by atoms with E-state index < -0.39 is 0 Å². The van der Waals surface area contributed by atoms with Crippen LogP contribution in [0.25, 0.3) is 16.6 Å². The molecule has 0 amide bonds. The SMILES string of the molecule is COc1ccc2nc(C3=C(O)CN(Cc4ccccc4OC)C3=N)[nH]c2c1. The second-order valence-corrected chi connectivity index (χ2v) is 6.31. The number of H-pyrrole nitrogens is 1. The number of nitrogens with one attached hydrogen (secondary N) is 2. The number of imidazole rings is 1. The van der Waals surface area contributed by atoms with E-state index in [1.807, 2.05) is 42.5 Å². The Morgan fingerprint density at radius 1 is 1.19 bits per heavy atom. The fourth-order valence-corrected chi connectivity index (χ4v) is 3.29. The summed E-state index contributed by atoms with van der Waals surface area (Å²) in [6, 6.07) is 13.2. The highest BCUT2D eigenvalue weighted by atomic mass is 16.5. The number of aliphatic hydroxyl groups excluding tert-OH is 1. The maximum absolute atomic E-state index is 10.5. The molecule has 1 aromatic heterocycles. The predicted molar refractivity (Wildman–Crippen MR) is 103 cm³/mol. The third-order valence-electron chi connectivity index (χ3n) is 4.66. The van der Waals surface area contributed by atoms with Gasteiger partial charge in [-0.1, -0.05) is 18.2 Å². The lowest BCUT2D eigenvalue weighted by Gasteiger charge is -2.20. The highest BCUT2D eigenvalue weighted by Gasteiger charge is 2.30. The lowest BCUT2D eigenvalue weighted by molar-refractivity contribution is 0.341. The third kappa shape index (κ3) is 2.97. The molecule has 2 aromatic carbocycles.